The molecule has 1 N–H and O–H groups in total. The first-order valence-electron chi connectivity index (χ1n) is 7.69. The van der Waals surface area contributed by atoms with Crippen LogP contribution in [0.15, 0.2) is 12.1 Å². The fraction of sp³-hybridized carbons (Fsp3) is 0.500. The summed E-state index contributed by atoms with van der Waals surface area (Å²) < 4.78 is 24.0. The van der Waals surface area contributed by atoms with Gasteiger partial charge in [0.25, 0.3) is 0 Å². The van der Waals surface area contributed by atoms with E-state index in [1.807, 2.05) is 23.6 Å². The van der Waals surface area contributed by atoms with Gasteiger partial charge in [0.2, 0.25) is 5.75 Å². The highest BCUT2D eigenvalue weighted by atomic mass is 32.1. The molecule has 0 spiro atoms. The molecule has 1 aromatic heterocycles. The molecule has 24 heavy (non-hydrogen) atoms. The van der Waals surface area contributed by atoms with E-state index in [1.54, 1.807) is 21.3 Å². The predicted octanol–water partition coefficient (Wildman–Crippen LogP) is 3.06. The van der Waals surface area contributed by atoms with Gasteiger partial charge < -0.3 is 23.5 Å². The number of methoxy groups -OCH3 is 3. The topological polar surface area (TPSA) is 70.5 Å². The Labute approximate surface area is 146 Å². The third-order valence-corrected chi connectivity index (χ3v) is 3.87. The van der Waals surface area contributed by atoms with Crippen LogP contribution in [0.4, 0.5) is 0 Å². The average Bonchev–Trinajstić information content (AvgIpc) is 2.98. The highest BCUT2D eigenvalue weighted by Crippen LogP contribution is 2.40. The molecule has 0 bridgehead atoms. The molecule has 0 aliphatic carbocycles. The number of hydrogen-bond donors (Lipinski definition) is 1. The van der Waals surface area contributed by atoms with Gasteiger partial charge in [-0.2, -0.15) is 5.10 Å². The van der Waals surface area contributed by atoms with Crippen LogP contribution < -0.4 is 14.2 Å². The van der Waals surface area contributed by atoms with Crippen molar-refractivity contribution in [3.05, 3.63) is 16.9 Å². The number of benzene rings is 1. The van der Waals surface area contributed by atoms with Gasteiger partial charge in [-0.15, -0.1) is 0 Å². The lowest BCUT2D eigenvalue weighted by Gasteiger charge is -2.14. The normalized spacial score (nSPS) is 10.7. The van der Waals surface area contributed by atoms with Crippen LogP contribution in [0.2, 0.25) is 0 Å². The third kappa shape index (κ3) is 3.88. The minimum atomic E-state index is 0.542. The van der Waals surface area contributed by atoms with Gasteiger partial charge in [-0.1, -0.05) is 0 Å². The van der Waals surface area contributed by atoms with Crippen molar-refractivity contribution in [1.82, 2.24) is 14.8 Å². The van der Waals surface area contributed by atoms with Crippen LogP contribution in [0.25, 0.3) is 11.4 Å². The molecule has 0 radical (unpaired) electrons. The molecule has 1 heterocycles. The van der Waals surface area contributed by atoms with Gasteiger partial charge in [0.15, 0.2) is 22.1 Å². The first-order chi connectivity index (χ1) is 11.7. The monoisotopic (exact) mass is 353 g/mol. The molecule has 2 rings (SSSR count). The van der Waals surface area contributed by atoms with Crippen LogP contribution in [0.1, 0.15) is 13.3 Å². The van der Waals surface area contributed by atoms with Gasteiger partial charge in [0, 0.05) is 25.3 Å². The van der Waals surface area contributed by atoms with E-state index in [4.69, 9.17) is 31.2 Å². The Morgan fingerprint density at radius 2 is 1.79 bits per heavy atom. The van der Waals surface area contributed by atoms with Crippen molar-refractivity contribution in [2.75, 3.05) is 34.5 Å². The zero-order chi connectivity index (χ0) is 17.5. The Kier molecular flexibility index (Phi) is 6.62. The van der Waals surface area contributed by atoms with Crippen molar-refractivity contribution < 1.29 is 18.9 Å². The van der Waals surface area contributed by atoms with Crippen molar-refractivity contribution in [3.8, 4) is 28.6 Å². The molecule has 0 fully saturated rings. The lowest BCUT2D eigenvalue weighted by molar-refractivity contribution is 0.141. The van der Waals surface area contributed by atoms with E-state index in [0.717, 1.165) is 17.8 Å². The third-order valence-electron chi connectivity index (χ3n) is 3.56. The van der Waals surface area contributed by atoms with E-state index >= 15 is 0 Å². The van der Waals surface area contributed by atoms with Crippen LogP contribution in [-0.4, -0.2) is 49.3 Å². The van der Waals surface area contributed by atoms with E-state index in [2.05, 4.69) is 10.2 Å². The molecule has 7 nitrogen and oxygen atoms in total. The average molecular weight is 353 g/mol. The summed E-state index contributed by atoms with van der Waals surface area (Å²) in [6.45, 7) is 4.07. The highest BCUT2D eigenvalue weighted by molar-refractivity contribution is 7.71. The van der Waals surface area contributed by atoms with E-state index in [0.29, 0.717) is 41.8 Å². The molecule has 0 unspecified atom stereocenters. The summed E-state index contributed by atoms with van der Waals surface area (Å²) in [5.74, 6) is 2.40. The molecule has 8 heteroatoms. The molecule has 1 aromatic carbocycles. The number of H-pyrrole nitrogens is 1. The van der Waals surface area contributed by atoms with E-state index in [1.165, 1.54) is 0 Å². The second kappa shape index (κ2) is 8.70. The highest BCUT2D eigenvalue weighted by Gasteiger charge is 2.17. The van der Waals surface area contributed by atoms with Crippen molar-refractivity contribution in [3.63, 3.8) is 0 Å². The summed E-state index contributed by atoms with van der Waals surface area (Å²) in [7, 11) is 4.74. The Balaban J connectivity index is 2.40. The molecule has 0 amide bonds. The van der Waals surface area contributed by atoms with Crippen LogP contribution >= 0.6 is 12.2 Å². The van der Waals surface area contributed by atoms with Gasteiger partial charge in [0.05, 0.1) is 21.3 Å². The zero-order valence-electron chi connectivity index (χ0n) is 14.4. The SMILES string of the molecule is CCOCCCn1c(-c2cc(OC)c(OC)c(OC)c2)n[nH]c1=S. The number of rotatable bonds is 9. The Bertz CT molecular complexity index is 701. The molecule has 0 aliphatic rings. The second-order valence-electron chi connectivity index (χ2n) is 4.97. The smallest absolute Gasteiger partial charge is 0.203 e. The maximum absolute atomic E-state index is 5.40. The quantitative estimate of drug-likeness (QED) is 0.552. The number of nitrogens with zero attached hydrogens (tertiary/aromatic N) is 2. The Morgan fingerprint density at radius 1 is 1.12 bits per heavy atom. The number of hydrogen-bond acceptors (Lipinski definition) is 6. The fourth-order valence-corrected chi connectivity index (χ4v) is 2.65. The lowest BCUT2D eigenvalue weighted by Crippen LogP contribution is -2.05. The molecule has 0 saturated carbocycles. The summed E-state index contributed by atoms with van der Waals surface area (Å²) in [5, 5.41) is 7.19. The maximum Gasteiger partial charge on any atom is 0.203 e. The number of aromatic nitrogens is 3. The lowest BCUT2D eigenvalue weighted by atomic mass is 10.1. The molecule has 2 aromatic rings. The van der Waals surface area contributed by atoms with E-state index in [-0.39, 0.29) is 0 Å². The van der Waals surface area contributed by atoms with Crippen LogP contribution in [-0.2, 0) is 11.3 Å². The summed E-state index contributed by atoms with van der Waals surface area (Å²) in [4.78, 5) is 0. The molecule has 132 valence electrons. The largest absolute Gasteiger partial charge is 0.493 e. The van der Waals surface area contributed by atoms with Gasteiger partial charge in [0.1, 0.15) is 0 Å². The predicted molar refractivity (Wildman–Crippen MR) is 93.6 cm³/mol. The minimum Gasteiger partial charge on any atom is -0.493 e. The summed E-state index contributed by atoms with van der Waals surface area (Å²) in [6.07, 6.45) is 0.846. The van der Waals surface area contributed by atoms with Gasteiger partial charge in [-0.05, 0) is 37.7 Å². The summed E-state index contributed by atoms with van der Waals surface area (Å²) >= 11 is 5.34. The van der Waals surface area contributed by atoms with Gasteiger partial charge in [-0.3, -0.25) is 5.10 Å². The fourth-order valence-electron chi connectivity index (χ4n) is 2.42. The van der Waals surface area contributed by atoms with E-state index < -0.39 is 0 Å². The van der Waals surface area contributed by atoms with Gasteiger partial charge >= 0.3 is 0 Å². The van der Waals surface area contributed by atoms with Crippen molar-refractivity contribution in [2.45, 2.75) is 19.9 Å². The summed E-state index contributed by atoms with van der Waals surface area (Å²) in [5.41, 5.74) is 0.827. The minimum absolute atomic E-state index is 0.542. The van der Waals surface area contributed by atoms with Crippen molar-refractivity contribution in [1.29, 1.82) is 0 Å². The van der Waals surface area contributed by atoms with E-state index in [9.17, 15) is 0 Å². The van der Waals surface area contributed by atoms with Crippen molar-refractivity contribution >= 4 is 12.2 Å². The first-order valence-corrected chi connectivity index (χ1v) is 8.10. The second-order valence-corrected chi connectivity index (χ2v) is 5.36. The molecule has 0 aliphatic heterocycles. The summed E-state index contributed by atoms with van der Waals surface area (Å²) in [6, 6.07) is 3.71. The van der Waals surface area contributed by atoms with Crippen LogP contribution in [0.5, 0.6) is 17.2 Å². The number of aromatic amines is 1. The molecular formula is C16H23N3O4S. The molecule has 0 saturated heterocycles. The van der Waals surface area contributed by atoms with Crippen LogP contribution in [0.3, 0.4) is 0 Å². The number of nitrogens with one attached hydrogen (secondary N) is 1. The Morgan fingerprint density at radius 3 is 2.33 bits per heavy atom. The van der Waals surface area contributed by atoms with Crippen molar-refractivity contribution in [2.24, 2.45) is 0 Å². The van der Waals surface area contributed by atoms with Crippen LogP contribution in [0, 0.1) is 4.77 Å². The zero-order valence-corrected chi connectivity index (χ0v) is 15.2. The molecule has 0 atom stereocenters. The standard InChI is InChI=1S/C16H23N3O4S/c1-5-23-8-6-7-19-15(17-18-16(19)24)11-9-12(20-2)14(22-4)13(10-11)21-3/h9-10H,5-8H2,1-4H3,(H,18,24). The molecular weight excluding hydrogens is 330 g/mol. The maximum atomic E-state index is 5.40. The number of ether oxygens (including phenoxy) is 4. The Hall–Kier alpha value is -2.06. The first kappa shape index (κ1) is 18.3. The van der Waals surface area contributed by atoms with Gasteiger partial charge in [-0.25, -0.2) is 0 Å².